The van der Waals surface area contributed by atoms with Gasteiger partial charge in [-0.3, -0.25) is 14.6 Å². The predicted molar refractivity (Wildman–Crippen MR) is 99.1 cm³/mol. The normalized spacial score (nSPS) is 23.0. The Labute approximate surface area is 160 Å². The van der Waals surface area contributed by atoms with E-state index in [1.54, 1.807) is 11.8 Å². The van der Waals surface area contributed by atoms with Crippen LogP contribution in [0.3, 0.4) is 0 Å². The number of benzene rings is 1. The van der Waals surface area contributed by atoms with Crippen LogP contribution >= 0.6 is 0 Å². The molecule has 148 valence electrons. The monoisotopic (exact) mass is 376 g/mol. The molecule has 2 atom stereocenters. The average Bonchev–Trinajstić information content (AvgIpc) is 2.66. The first kappa shape index (κ1) is 19.6. The zero-order valence-electron chi connectivity index (χ0n) is 16.2. The van der Waals surface area contributed by atoms with Crippen LogP contribution in [0.1, 0.15) is 26.3 Å². The van der Waals surface area contributed by atoms with E-state index in [4.69, 9.17) is 14.2 Å². The zero-order chi connectivity index (χ0) is 19.4. The largest absolute Gasteiger partial charge is 0.465 e. The number of morpholine rings is 1. The lowest BCUT2D eigenvalue weighted by atomic mass is 9.96. The molecule has 2 aliphatic heterocycles. The minimum atomic E-state index is -0.746. The smallest absolute Gasteiger partial charge is 0.410 e. The summed E-state index contributed by atoms with van der Waals surface area (Å²) in [4.78, 5) is 28.9. The Morgan fingerprint density at radius 3 is 2.33 bits per heavy atom. The number of nitrogens with zero attached hydrogens (tertiary/aromatic N) is 2. The highest BCUT2D eigenvalue weighted by Crippen LogP contribution is 2.28. The number of fused-ring (bicyclic) bond motifs is 2. The maximum Gasteiger partial charge on any atom is 0.410 e. The molecule has 2 aliphatic rings. The maximum atomic E-state index is 12.7. The summed E-state index contributed by atoms with van der Waals surface area (Å²) in [7, 11) is 0. The first-order valence-corrected chi connectivity index (χ1v) is 9.42. The number of carbonyl (C=O) groups excluding carboxylic acids is 2. The zero-order valence-corrected chi connectivity index (χ0v) is 16.2. The molecule has 0 N–H and O–H groups in total. The van der Waals surface area contributed by atoms with Crippen molar-refractivity contribution >= 4 is 12.1 Å². The van der Waals surface area contributed by atoms with Gasteiger partial charge in [-0.25, -0.2) is 4.79 Å². The number of amides is 1. The second-order valence-electron chi connectivity index (χ2n) is 7.48. The van der Waals surface area contributed by atoms with Crippen LogP contribution in [-0.2, 0) is 25.6 Å². The van der Waals surface area contributed by atoms with Crippen LogP contribution in [0.4, 0.5) is 4.79 Å². The molecule has 1 aromatic rings. The molecule has 7 nitrogen and oxygen atoms in total. The fourth-order valence-electron chi connectivity index (χ4n) is 3.65. The molecular formula is C20H28N2O5. The second-order valence-corrected chi connectivity index (χ2v) is 7.48. The average molecular weight is 376 g/mol. The van der Waals surface area contributed by atoms with E-state index in [9.17, 15) is 9.59 Å². The highest BCUT2D eigenvalue weighted by atomic mass is 16.6. The van der Waals surface area contributed by atoms with E-state index in [0.717, 1.165) is 5.56 Å². The van der Waals surface area contributed by atoms with E-state index in [-0.39, 0.29) is 30.8 Å². The van der Waals surface area contributed by atoms with Crippen LogP contribution < -0.4 is 0 Å². The molecule has 2 saturated heterocycles. The first-order chi connectivity index (χ1) is 12.9. The number of hydrogen-bond donors (Lipinski definition) is 0. The van der Waals surface area contributed by atoms with Crippen molar-refractivity contribution < 1.29 is 23.8 Å². The summed E-state index contributed by atoms with van der Waals surface area (Å²) < 4.78 is 16.4. The van der Waals surface area contributed by atoms with Crippen LogP contribution in [0.15, 0.2) is 30.3 Å². The maximum absolute atomic E-state index is 12.7. The van der Waals surface area contributed by atoms with Gasteiger partial charge < -0.3 is 14.2 Å². The Kier molecular flexibility index (Phi) is 6.01. The highest BCUT2D eigenvalue weighted by molar-refractivity contribution is 5.80. The summed E-state index contributed by atoms with van der Waals surface area (Å²) >= 11 is 0. The van der Waals surface area contributed by atoms with Crippen LogP contribution in [0.25, 0.3) is 0 Å². The highest BCUT2D eigenvalue weighted by Gasteiger charge is 2.47. The molecule has 1 aromatic carbocycles. The van der Waals surface area contributed by atoms with E-state index < -0.39 is 5.54 Å². The number of rotatable bonds is 5. The fourth-order valence-corrected chi connectivity index (χ4v) is 3.65. The fraction of sp³-hybridized carbons (Fsp3) is 0.600. The molecule has 0 radical (unpaired) electrons. The Morgan fingerprint density at radius 2 is 1.74 bits per heavy atom. The Bertz CT molecular complexity index is 650. The third-order valence-corrected chi connectivity index (χ3v) is 5.25. The molecule has 0 aliphatic carbocycles. The van der Waals surface area contributed by atoms with E-state index in [2.05, 4.69) is 4.90 Å². The van der Waals surface area contributed by atoms with E-state index in [1.165, 1.54) is 0 Å². The summed E-state index contributed by atoms with van der Waals surface area (Å²) in [6.07, 6.45) is -0.328. The van der Waals surface area contributed by atoms with Gasteiger partial charge in [0.15, 0.2) is 0 Å². The van der Waals surface area contributed by atoms with E-state index in [1.807, 2.05) is 44.2 Å². The summed E-state index contributed by atoms with van der Waals surface area (Å²) in [5.74, 6) is -0.246. The number of ether oxygens (including phenoxy) is 3. The number of piperazine rings is 1. The third kappa shape index (κ3) is 4.25. The molecule has 2 heterocycles. The number of esters is 1. The number of carbonyl (C=O) groups is 2. The summed E-state index contributed by atoms with van der Waals surface area (Å²) in [6.45, 7) is 8.09. The van der Waals surface area contributed by atoms with Gasteiger partial charge in [-0.05, 0) is 26.3 Å². The van der Waals surface area contributed by atoms with Gasteiger partial charge in [0.2, 0.25) is 0 Å². The van der Waals surface area contributed by atoms with Gasteiger partial charge in [-0.2, -0.15) is 0 Å². The van der Waals surface area contributed by atoms with Crippen LogP contribution in [-0.4, -0.2) is 72.4 Å². The van der Waals surface area contributed by atoms with Crippen molar-refractivity contribution in [2.24, 2.45) is 0 Å². The lowest BCUT2D eigenvalue weighted by molar-refractivity contribution is -0.163. The molecule has 3 rings (SSSR count). The summed E-state index contributed by atoms with van der Waals surface area (Å²) in [6, 6.07) is 9.33. The molecule has 2 fully saturated rings. The molecule has 7 heteroatoms. The molecule has 0 saturated carbocycles. The minimum Gasteiger partial charge on any atom is -0.465 e. The molecule has 0 aromatic heterocycles. The van der Waals surface area contributed by atoms with Gasteiger partial charge in [0.05, 0.1) is 31.9 Å². The van der Waals surface area contributed by atoms with E-state index in [0.29, 0.717) is 32.9 Å². The van der Waals surface area contributed by atoms with E-state index >= 15 is 0 Å². The molecule has 1 amide bonds. The van der Waals surface area contributed by atoms with Crippen molar-refractivity contribution in [3.63, 3.8) is 0 Å². The molecule has 2 bridgehead atoms. The van der Waals surface area contributed by atoms with Gasteiger partial charge in [0.25, 0.3) is 0 Å². The second kappa shape index (κ2) is 8.27. The Balaban J connectivity index is 1.66. The van der Waals surface area contributed by atoms with Crippen LogP contribution in [0.5, 0.6) is 0 Å². The van der Waals surface area contributed by atoms with Crippen molar-refractivity contribution in [2.75, 3.05) is 32.9 Å². The molecule has 2 unspecified atom stereocenters. The topological polar surface area (TPSA) is 68.3 Å². The molecule has 27 heavy (non-hydrogen) atoms. The summed E-state index contributed by atoms with van der Waals surface area (Å²) in [5, 5.41) is 0. The molecular weight excluding hydrogens is 348 g/mol. The van der Waals surface area contributed by atoms with Crippen molar-refractivity contribution in [2.45, 2.75) is 45.0 Å². The van der Waals surface area contributed by atoms with Gasteiger partial charge in [-0.15, -0.1) is 0 Å². The minimum absolute atomic E-state index is 0.144. The Hall–Kier alpha value is -2.12. The van der Waals surface area contributed by atoms with Crippen molar-refractivity contribution in [3.8, 4) is 0 Å². The summed E-state index contributed by atoms with van der Waals surface area (Å²) in [5.41, 5.74) is 0.207. The van der Waals surface area contributed by atoms with Gasteiger partial charge in [-0.1, -0.05) is 30.3 Å². The van der Waals surface area contributed by atoms with Crippen LogP contribution in [0, 0.1) is 0 Å². The standard InChI is InChI=1S/C20H28N2O5/c1-4-26-18(23)20(2,3)21-10-16-13-25-14-17(11-21)22(16)19(24)27-12-15-8-6-5-7-9-15/h5-9,16-17H,4,10-14H2,1-3H3. The van der Waals surface area contributed by atoms with Crippen LogP contribution in [0.2, 0.25) is 0 Å². The van der Waals surface area contributed by atoms with Crippen molar-refractivity contribution in [3.05, 3.63) is 35.9 Å². The van der Waals surface area contributed by atoms with Crippen molar-refractivity contribution in [1.29, 1.82) is 0 Å². The van der Waals surface area contributed by atoms with Gasteiger partial charge in [0.1, 0.15) is 12.1 Å². The quantitative estimate of drug-likeness (QED) is 0.733. The lowest BCUT2D eigenvalue weighted by Crippen LogP contribution is -2.70. The van der Waals surface area contributed by atoms with Gasteiger partial charge >= 0.3 is 12.1 Å². The number of hydrogen-bond acceptors (Lipinski definition) is 6. The lowest BCUT2D eigenvalue weighted by Gasteiger charge is -2.52. The SMILES string of the molecule is CCOC(=O)C(C)(C)N1CC2COCC(C1)N2C(=O)OCc1ccccc1. The Morgan fingerprint density at radius 1 is 1.11 bits per heavy atom. The predicted octanol–water partition coefficient (Wildman–Crippen LogP) is 2.05. The first-order valence-electron chi connectivity index (χ1n) is 9.42. The third-order valence-electron chi connectivity index (χ3n) is 5.25. The van der Waals surface area contributed by atoms with Gasteiger partial charge in [0, 0.05) is 13.1 Å². The van der Waals surface area contributed by atoms with Crippen molar-refractivity contribution in [1.82, 2.24) is 9.80 Å². The molecule has 0 spiro atoms.